The highest BCUT2D eigenvalue weighted by atomic mass is 19.1. The second-order valence-electron chi connectivity index (χ2n) is 3.92. The van der Waals surface area contributed by atoms with Crippen molar-refractivity contribution < 1.29 is 19.0 Å². The van der Waals surface area contributed by atoms with Crippen LogP contribution in [-0.2, 0) is 0 Å². The van der Waals surface area contributed by atoms with Gasteiger partial charge in [-0.2, -0.15) is 5.26 Å². The van der Waals surface area contributed by atoms with Gasteiger partial charge < -0.3 is 15.6 Å². The normalized spacial score (nSPS) is 9.80. The summed E-state index contributed by atoms with van der Waals surface area (Å²) in [7, 11) is 0. The first-order valence-electron chi connectivity index (χ1n) is 5.51. The lowest BCUT2D eigenvalue weighted by Crippen LogP contribution is -2.01. The molecule has 0 saturated heterocycles. The largest absolute Gasteiger partial charge is 0.478 e. The zero-order chi connectivity index (χ0) is 14.7. The summed E-state index contributed by atoms with van der Waals surface area (Å²) in [5.41, 5.74) is 5.85. The topological polar surface area (TPSA) is 96.3 Å². The zero-order valence-corrected chi connectivity index (χ0v) is 10.1. The van der Waals surface area contributed by atoms with Crippen LogP contribution in [-0.4, -0.2) is 11.1 Å². The van der Waals surface area contributed by atoms with E-state index in [2.05, 4.69) is 0 Å². The number of hydrogen-bond donors (Lipinski definition) is 2. The first-order valence-corrected chi connectivity index (χ1v) is 5.51. The van der Waals surface area contributed by atoms with Gasteiger partial charge in [0.1, 0.15) is 11.3 Å². The van der Waals surface area contributed by atoms with Gasteiger partial charge in [0.2, 0.25) is 0 Å². The van der Waals surface area contributed by atoms with Crippen molar-refractivity contribution in [1.29, 1.82) is 5.26 Å². The van der Waals surface area contributed by atoms with E-state index >= 15 is 0 Å². The van der Waals surface area contributed by atoms with Gasteiger partial charge in [0, 0.05) is 11.8 Å². The quantitative estimate of drug-likeness (QED) is 0.837. The van der Waals surface area contributed by atoms with Crippen LogP contribution in [0.5, 0.6) is 11.5 Å². The third kappa shape index (κ3) is 2.67. The summed E-state index contributed by atoms with van der Waals surface area (Å²) < 4.78 is 18.9. The maximum atomic E-state index is 13.7. The number of carboxylic acids is 1. The monoisotopic (exact) mass is 272 g/mol. The maximum Gasteiger partial charge on any atom is 0.339 e. The number of aromatic carboxylic acids is 1. The fourth-order valence-electron chi connectivity index (χ4n) is 1.57. The fourth-order valence-corrected chi connectivity index (χ4v) is 1.57. The van der Waals surface area contributed by atoms with E-state index in [1.54, 1.807) is 6.07 Å². The van der Waals surface area contributed by atoms with Gasteiger partial charge in [0.15, 0.2) is 11.6 Å². The fraction of sp³-hybridized carbons (Fsp3) is 0. The van der Waals surface area contributed by atoms with Crippen molar-refractivity contribution in [1.82, 2.24) is 0 Å². The van der Waals surface area contributed by atoms with Gasteiger partial charge in [-0.15, -0.1) is 0 Å². The Morgan fingerprint density at radius 3 is 2.60 bits per heavy atom. The molecule has 100 valence electrons. The molecule has 0 saturated carbocycles. The summed E-state index contributed by atoms with van der Waals surface area (Å²) in [5, 5.41) is 17.7. The van der Waals surface area contributed by atoms with Crippen molar-refractivity contribution in [3.8, 4) is 17.6 Å². The number of halogens is 1. The Morgan fingerprint density at radius 2 is 2.00 bits per heavy atom. The van der Waals surface area contributed by atoms with Crippen LogP contribution in [0.15, 0.2) is 36.4 Å². The van der Waals surface area contributed by atoms with Gasteiger partial charge in [-0.3, -0.25) is 0 Å². The van der Waals surface area contributed by atoms with E-state index in [1.165, 1.54) is 30.3 Å². The van der Waals surface area contributed by atoms with Gasteiger partial charge in [0.05, 0.1) is 11.6 Å². The van der Waals surface area contributed by atoms with Gasteiger partial charge in [0.25, 0.3) is 0 Å². The average Bonchev–Trinajstić information content (AvgIpc) is 2.40. The molecule has 0 aliphatic rings. The van der Waals surface area contributed by atoms with Crippen molar-refractivity contribution >= 4 is 11.7 Å². The summed E-state index contributed by atoms with van der Waals surface area (Å²) in [6.45, 7) is 0. The molecular formula is C14H9FN2O3. The SMILES string of the molecule is N#Cc1ccc(Oc2cc(N)ccc2C(=O)O)c(F)c1. The molecule has 3 N–H and O–H groups in total. The Labute approximate surface area is 113 Å². The van der Waals surface area contributed by atoms with Crippen molar-refractivity contribution in [2.75, 3.05) is 5.73 Å². The number of carboxylic acid groups (broad SMARTS) is 1. The Hall–Kier alpha value is -3.07. The summed E-state index contributed by atoms with van der Waals surface area (Å²) in [4.78, 5) is 11.1. The number of ether oxygens (including phenoxy) is 1. The number of hydrogen-bond acceptors (Lipinski definition) is 4. The molecule has 0 fully saturated rings. The highest BCUT2D eigenvalue weighted by molar-refractivity contribution is 5.91. The van der Waals surface area contributed by atoms with E-state index < -0.39 is 11.8 Å². The number of nitrogens with zero attached hydrogens (tertiary/aromatic N) is 1. The number of rotatable bonds is 3. The molecule has 6 heteroatoms. The molecule has 0 unspecified atom stereocenters. The van der Waals surface area contributed by atoms with E-state index in [9.17, 15) is 9.18 Å². The molecule has 0 aromatic heterocycles. The minimum absolute atomic E-state index is 0.0684. The molecule has 0 atom stereocenters. The molecule has 2 rings (SSSR count). The molecule has 20 heavy (non-hydrogen) atoms. The molecule has 0 amide bonds. The molecule has 0 spiro atoms. The summed E-state index contributed by atoms with van der Waals surface area (Å²) in [6.07, 6.45) is 0. The summed E-state index contributed by atoms with van der Waals surface area (Å²) >= 11 is 0. The predicted molar refractivity (Wildman–Crippen MR) is 69.0 cm³/mol. The second-order valence-corrected chi connectivity index (χ2v) is 3.92. The minimum Gasteiger partial charge on any atom is -0.478 e. The van der Waals surface area contributed by atoms with Gasteiger partial charge in [-0.1, -0.05) is 0 Å². The Balaban J connectivity index is 2.42. The molecule has 2 aromatic rings. The highest BCUT2D eigenvalue weighted by Crippen LogP contribution is 2.29. The Bertz CT molecular complexity index is 723. The number of anilines is 1. The number of benzene rings is 2. The van der Waals surface area contributed by atoms with Crippen molar-refractivity contribution in [2.45, 2.75) is 0 Å². The van der Waals surface area contributed by atoms with E-state index in [4.69, 9.17) is 20.8 Å². The van der Waals surface area contributed by atoms with Crippen LogP contribution < -0.4 is 10.5 Å². The molecule has 2 aromatic carbocycles. The van der Waals surface area contributed by atoms with Crippen molar-refractivity contribution in [3.63, 3.8) is 0 Å². The van der Waals surface area contributed by atoms with E-state index in [1.807, 2.05) is 0 Å². The van der Waals surface area contributed by atoms with E-state index in [0.717, 1.165) is 6.07 Å². The van der Waals surface area contributed by atoms with Crippen molar-refractivity contribution in [2.24, 2.45) is 0 Å². The van der Waals surface area contributed by atoms with Gasteiger partial charge in [-0.05, 0) is 30.3 Å². The summed E-state index contributed by atoms with van der Waals surface area (Å²) in [6, 6.07) is 9.38. The number of nitrogen functional groups attached to an aromatic ring is 1. The first kappa shape index (κ1) is 13.4. The van der Waals surface area contributed by atoms with Crippen LogP contribution in [0.1, 0.15) is 15.9 Å². The maximum absolute atomic E-state index is 13.7. The van der Waals surface area contributed by atoms with Crippen LogP contribution in [0.3, 0.4) is 0 Å². The molecule has 0 aliphatic heterocycles. The first-order chi connectivity index (χ1) is 9.51. The van der Waals surface area contributed by atoms with Crippen molar-refractivity contribution in [3.05, 3.63) is 53.3 Å². The minimum atomic E-state index is -1.21. The van der Waals surface area contributed by atoms with Crippen LogP contribution in [0, 0.1) is 17.1 Å². The lowest BCUT2D eigenvalue weighted by atomic mass is 10.2. The van der Waals surface area contributed by atoms with Gasteiger partial charge >= 0.3 is 5.97 Å². The van der Waals surface area contributed by atoms with Crippen LogP contribution in [0.4, 0.5) is 10.1 Å². The molecule has 0 bridgehead atoms. The molecular weight excluding hydrogens is 263 g/mol. The molecule has 5 nitrogen and oxygen atoms in total. The van der Waals surface area contributed by atoms with Crippen LogP contribution >= 0.6 is 0 Å². The standard InChI is InChI=1S/C14H9FN2O3/c15-11-5-8(7-16)1-4-12(11)20-13-6-9(17)2-3-10(13)14(18)19/h1-6H,17H2,(H,18,19). The third-order valence-electron chi connectivity index (χ3n) is 2.52. The predicted octanol–water partition coefficient (Wildman–Crippen LogP) is 2.77. The number of carbonyl (C=O) groups is 1. The highest BCUT2D eigenvalue weighted by Gasteiger charge is 2.14. The Morgan fingerprint density at radius 1 is 1.25 bits per heavy atom. The average molecular weight is 272 g/mol. The lowest BCUT2D eigenvalue weighted by molar-refractivity contribution is 0.0694. The lowest BCUT2D eigenvalue weighted by Gasteiger charge is -2.10. The third-order valence-corrected chi connectivity index (χ3v) is 2.52. The van der Waals surface area contributed by atoms with E-state index in [-0.39, 0.29) is 22.6 Å². The zero-order valence-electron chi connectivity index (χ0n) is 10.1. The number of nitriles is 1. The van der Waals surface area contributed by atoms with Gasteiger partial charge in [-0.25, -0.2) is 9.18 Å². The van der Waals surface area contributed by atoms with Crippen LogP contribution in [0.2, 0.25) is 0 Å². The Kier molecular flexibility index (Phi) is 3.53. The number of nitrogens with two attached hydrogens (primary N) is 1. The summed E-state index contributed by atoms with van der Waals surface area (Å²) in [5.74, 6) is -2.23. The molecule has 0 radical (unpaired) electrons. The van der Waals surface area contributed by atoms with Crippen LogP contribution in [0.25, 0.3) is 0 Å². The second kappa shape index (κ2) is 5.28. The molecule has 0 aliphatic carbocycles. The van der Waals surface area contributed by atoms with E-state index in [0.29, 0.717) is 5.69 Å². The smallest absolute Gasteiger partial charge is 0.339 e. The molecule has 0 heterocycles.